The van der Waals surface area contributed by atoms with E-state index in [2.05, 4.69) is 5.10 Å². The van der Waals surface area contributed by atoms with Crippen LogP contribution in [0.3, 0.4) is 0 Å². The number of aromatic carboxylic acids is 1. The molecule has 1 heterocycles. The van der Waals surface area contributed by atoms with Crippen LogP contribution in [-0.4, -0.2) is 33.4 Å². The van der Waals surface area contributed by atoms with Gasteiger partial charge in [-0.15, -0.1) is 0 Å². The van der Waals surface area contributed by atoms with E-state index in [0.29, 0.717) is 10.7 Å². The number of aromatic nitrogens is 2. The zero-order chi connectivity index (χ0) is 15.6. The molecule has 1 aromatic carbocycles. The topological polar surface area (TPSA) is 81.4 Å². The van der Waals surface area contributed by atoms with Crippen LogP contribution in [0.5, 0.6) is 0 Å². The monoisotopic (exact) mass is 328 g/mol. The molecule has 0 amide bonds. The van der Waals surface area contributed by atoms with Crippen LogP contribution in [-0.2, 0) is 4.74 Å². The molecule has 0 unspecified atom stereocenters. The van der Waals surface area contributed by atoms with Gasteiger partial charge in [0, 0.05) is 11.2 Å². The second-order valence-electron chi connectivity index (χ2n) is 3.96. The Morgan fingerprint density at radius 2 is 2.10 bits per heavy atom. The molecule has 0 radical (unpaired) electrons. The molecule has 0 spiro atoms. The van der Waals surface area contributed by atoms with Crippen LogP contribution in [0.2, 0.25) is 10.0 Å². The number of carbonyl (C=O) groups excluding carboxylic acids is 1. The summed E-state index contributed by atoms with van der Waals surface area (Å²) in [4.78, 5) is 22.9. The number of ether oxygens (including phenoxy) is 1. The highest BCUT2D eigenvalue weighted by molar-refractivity contribution is 6.35. The fourth-order valence-corrected chi connectivity index (χ4v) is 2.17. The van der Waals surface area contributed by atoms with Gasteiger partial charge in [-0.25, -0.2) is 14.3 Å². The van der Waals surface area contributed by atoms with E-state index < -0.39 is 11.9 Å². The molecule has 8 heteroatoms. The van der Waals surface area contributed by atoms with E-state index in [-0.39, 0.29) is 22.9 Å². The van der Waals surface area contributed by atoms with Crippen LogP contribution in [0.1, 0.15) is 27.8 Å². The molecule has 0 aliphatic rings. The number of hydrogen-bond donors (Lipinski definition) is 1. The molecule has 1 N–H and O–H groups in total. The molecule has 6 nitrogen and oxygen atoms in total. The lowest BCUT2D eigenvalue weighted by Crippen LogP contribution is -2.11. The van der Waals surface area contributed by atoms with E-state index >= 15 is 0 Å². The van der Waals surface area contributed by atoms with Crippen molar-refractivity contribution < 1.29 is 19.4 Å². The Hall–Kier alpha value is -2.05. The molecule has 110 valence electrons. The molecule has 1 aromatic heterocycles. The van der Waals surface area contributed by atoms with Crippen molar-refractivity contribution in [3.8, 4) is 5.69 Å². The summed E-state index contributed by atoms with van der Waals surface area (Å²) < 4.78 is 5.99. The summed E-state index contributed by atoms with van der Waals surface area (Å²) >= 11 is 11.8. The van der Waals surface area contributed by atoms with Crippen LogP contribution in [0.25, 0.3) is 5.69 Å². The van der Waals surface area contributed by atoms with E-state index in [4.69, 9.17) is 33.0 Å². The van der Waals surface area contributed by atoms with Gasteiger partial charge in [0.25, 0.3) is 0 Å². The molecule has 0 saturated heterocycles. The first-order valence-corrected chi connectivity index (χ1v) is 6.65. The van der Waals surface area contributed by atoms with Crippen LogP contribution in [0.4, 0.5) is 0 Å². The molecule has 0 fully saturated rings. The largest absolute Gasteiger partial charge is 0.478 e. The zero-order valence-corrected chi connectivity index (χ0v) is 12.4. The number of carboxylic acid groups (broad SMARTS) is 1. The van der Waals surface area contributed by atoms with Gasteiger partial charge in [0.15, 0.2) is 5.69 Å². The fraction of sp³-hybridized carbons (Fsp3) is 0.154. The molecular formula is C13H10Cl2N2O4. The van der Waals surface area contributed by atoms with Gasteiger partial charge in [0.2, 0.25) is 0 Å². The van der Waals surface area contributed by atoms with Crippen molar-refractivity contribution in [1.82, 2.24) is 9.78 Å². The average Bonchev–Trinajstić information content (AvgIpc) is 2.84. The van der Waals surface area contributed by atoms with Gasteiger partial charge >= 0.3 is 11.9 Å². The minimum absolute atomic E-state index is 0.118. The molecule has 0 saturated carbocycles. The molecule has 2 aromatic rings. The SMILES string of the molecule is CCOC(=O)c1nn(-c2ccc(Cl)cc2Cl)cc1C(=O)O. The van der Waals surface area contributed by atoms with Gasteiger partial charge in [-0.3, -0.25) is 0 Å². The third-order valence-electron chi connectivity index (χ3n) is 2.57. The minimum atomic E-state index is -1.28. The summed E-state index contributed by atoms with van der Waals surface area (Å²) in [5, 5.41) is 13.8. The van der Waals surface area contributed by atoms with Crippen molar-refractivity contribution in [3.63, 3.8) is 0 Å². The lowest BCUT2D eigenvalue weighted by atomic mass is 10.2. The highest BCUT2D eigenvalue weighted by Gasteiger charge is 2.23. The first kappa shape index (κ1) is 15.3. The Labute approximate surface area is 129 Å². The normalized spacial score (nSPS) is 10.4. The highest BCUT2D eigenvalue weighted by Crippen LogP contribution is 2.25. The molecule has 0 aliphatic carbocycles. The number of carboxylic acids is 1. The quantitative estimate of drug-likeness (QED) is 0.872. The Morgan fingerprint density at radius 1 is 1.38 bits per heavy atom. The van der Waals surface area contributed by atoms with Gasteiger partial charge in [-0.1, -0.05) is 23.2 Å². The maximum absolute atomic E-state index is 11.7. The fourth-order valence-electron chi connectivity index (χ4n) is 1.67. The van der Waals surface area contributed by atoms with Gasteiger partial charge in [-0.05, 0) is 25.1 Å². The molecule has 21 heavy (non-hydrogen) atoms. The lowest BCUT2D eigenvalue weighted by molar-refractivity contribution is 0.0507. The number of halogens is 2. The third-order valence-corrected chi connectivity index (χ3v) is 3.11. The van der Waals surface area contributed by atoms with Crippen molar-refractivity contribution in [2.24, 2.45) is 0 Å². The highest BCUT2D eigenvalue weighted by atomic mass is 35.5. The van der Waals surface area contributed by atoms with Crippen LogP contribution < -0.4 is 0 Å². The van der Waals surface area contributed by atoms with Crippen molar-refractivity contribution in [1.29, 1.82) is 0 Å². The Bertz CT molecular complexity index is 712. The van der Waals surface area contributed by atoms with E-state index in [0.717, 1.165) is 0 Å². The summed E-state index contributed by atoms with van der Waals surface area (Å²) in [6.45, 7) is 1.73. The molecular weight excluding hydrogens is 319 g/mol. The van der Waals surface area contributed by atoms with Crippen LogP contribution in [0, 0.1) is 0 Å². The first-order valence-electron chi connectivity index (χ1n) is 5.89. The smallest absolute Gasteiger partial charge is 0.359 e. The number of rotatable bonds is 4. The maximum atomic E-state index is 11.7. The molecule has 0 aliphatic heterocycles. The summed E-state index contributed by atoms with van der Waals surface area (Å²) in [7, 11) is 0. The van der Waals surface area contributed by atoms with Gasteiger partial charge < -0.3 is 9.84 Å². The lowest BCUT2D eigenvalue weighted by Gasteiger charge is -2.04. The van der Waals surface area contributed by atoms with E-state index in [1.54, 1.807) is 19.1 Å². The van der Waals surface area contributed by atoms with Crippen molar-refractivity contribution in [3.05, 3.63) is 45.7 Å². The van der Waals surface area contributed by atoms with E-state index in [1.165, 1.54) is 16.9 Å². The van der Waals surface area contributed by atoms with Crippen LogP contribution >= 0.6 is 23.2 Å². The number of benzene rings is 1. The number of esters is 1. The predicted molar refractivity (Wildman–Crippen MR) is 76.5 cm³/mol. The summed E-state index contributed by atoms with van der Waals surface area (Å²) in [6.07, 6.45) is 1.20. The van der Waals surface area contributed by atoms with Crippen LogP contribution in [0.15, 0.2) is 24.4 Å². The van der Waals surface area contributed by atoms with Crippen molar-refractivity contribution in [2.45, 2.75) is 6.92 Å². The average molecular weight is 329 g/mol. The summed E-state index contributed by atoms with van der Waals surface area (Å²) in [6, 6.07) is 4.64. The van der Waals surface area contributed by atoms with Gasteiger partial charge in [0.1, 0.15) is 5.56 Å². The Morgan fingerprint density at radius 3 is 2.67 bits per heavy atom. The minimum Gasteiger partial charge on any atom is -0.478 e. The van der Waals surface area contributed by atoms with E-state index in [1.807, 2.05) is 0 Å². The molecule has 2 rings (SSSR count). The number of carbonyl (C=O) groups is 2. The predicted octanol–water partition coefficient (Wildman–Crippen LogP) is 3.05. The Balaban J connectivity index is 2.53. The standard InChI is InChI=1S/C13H10Cl2N2O4/c1-2-21-13(20)11-8(12(18)19)6-17(16-11)10-4-3-7(14)5-9(10)15/h3-6H,2H2,1H3,(H,18,19). The molecule has 0 bridgehead atoms. The van der Waals surface area contributed by atoms with Crippen molar-refractivity contribution >= 4 is 35.1 Å². The van der Waals surface area contributed by atoms with Gasteiger partial charge in [-0.2, -0.15) is 5.10 Å². The summed E-state index contributed by atoms with van der Waals surface area (Å²) in [5.74, 6) is -2.09. The zero-order valence-electron chi connectivity index (χ0n) is 10.8. The number of hydrogen-bond acceptors (Lipinski definition) is 4. The second kappa shape index (κ2) is 6.15. The second-order valence-corrected chi connectivity index (χ2v) is 4.80. The number of nitrogens with zero attached hydrogens (tertiary/aromatic N) is 2. The van der Waals surface area contributed by atoms with Crippen molar-refractivity contribution in [2.75, 3.05) is 6.61 Å². The van der Waals surface area contributed by atoms with E-state index in [9.17, 15) is 9.59 Å². The summed E-state index contributed by atoms with van der Waals surface area (Å²) in [5.41, 5.74) is -0.144. The molecule has 0 atom stereocenters. The maximum Gasteiger partial charge on any atom is 0.359 e. The Kier molecular flexibility index (Phi) is 4.50. The first-order chi connectivity index (χ1) is 9.93. The van der Waals surface area contributed by atoms with Gasteiger partial charge in [0.05, 0.1) is 17.3 Å². The third kappa shape index (κ3) is 3.17.